The number of carbonyl (C=O) groups is 1. The highest BCUT2D eigenvalue weighted by molar-refractivity contribution is 6.07. The lowest BCUT2D eigenvalue weighted by Gasteiger charge is -2.13. The summed E-state index contributed by atoms with van der Waals surface area (Å²) in [7, 11) is 0. The van der Waals surface area contributed by atoms with Crippen molar-refractivity contribution in [1.29, 1.82) is 0 Å². The second-order valence-electron chi connectivity index (χ2n) is 7.33. The average molecular weight is 413 g/mol. The predicted octanol–water partition coefficient (Wildman–Crippen LogP) is 5.55. The molecule has 4 aromatic rings. The summed E-state index contributed by atoms with van der Waals surface area (Å²) >= 11 is 0. The molecular formula is C26H24FN3O. The Hall–Kier alpha value is -3.73. The first kappa shape index (κ1) is 20.5. The second-order valence-corrected chi connectivity index (χ2v) is 7.33. The first-order chi connectivity index (χ1) is 15.2. The molecule has 0 bridgehead atoms. The van der Waals surface area contributed by atoms with E-state index in [4.69, 9.17) is 4.98 Å². The number of nitrogens with one attached hydrogen (secondary N) is 2. The van der Waals surface area contributed by atoms with Crippen LogP contribution in [0.3, 0.4) is 0 Å². The van der Waals surface area contributed by atoms with Crippen LogP contribution in [0.4, 0.5) is 10.1 Å². The van der Waals surface area contributed by atoms with Crippen LogP contribution >= 0.6 is 0 Å². The summed E-state index contributed by atoms with van der Waals surface area (Å²) in [6, 6.07) is 22.4. The van der Waals surface area contributed by atoms with E-state index < -0.39 is 0 Å². The summed E-state index contributed by atoms with van der Waals surface area (Å²) in [5, 5.41) is 8.65. The summed E-state index contributed by atoms with van der Waals surface area (Å²) in [4.78, 5) is 16.7. The normalized spacial score (nSPS) is 11.3. The van der Waals surface area contributed by atoms with Crippen molar-refractivity contribution >= 4 is 39.5 Å². The van der Waals surface area contributed by atoms with Crippen LogP contribution in [0.25, 0.3) is 27.9 Å². The molecule has 0 saturated carbocycles. The minimum absolute atomic E-state index is 0.177. The summed E-state index contributed by atoms with van der Waals surface area (Å²) in [5.41, 5.74) is 3.71. The van der Waals surface area contributed by atoms with Gasteiger partial charge in [-0.3, -0.25) is 4.79 Å². The Bertz CT molecular complexity index is 1180. The van der Waals surface area contributed by atoms with Gasteiger partial charge in [0, 0.05) is 29.9 Å². The fourth-order valence-corrected chi connectivity index (χ4v) is 3.55. The fourth-order valence-electron chi connectivity index (χ4n) is 3.55. The third-order valence-corrected chi connectivity index (χ3v) is 5.07. The van der Waals surface area contributed by atoms with Crippen LogP contribution in [0.1, 0.15) is 18.4 Å². The van der Waals surface area contributed by atoms with Crippen molar-refractivity contribution in [1.82, 2.24) is 10.3 Å². The van der Waals surface area contributed by atoms with Crippen molar-refractivity contribution in [3.05, 3.63) is 90.3 Å². The standard InChI is InChI=1S/C26H24FN3O/c27-20-9-7-8-19(18-20)14-15-25(31)28-16-5-6-17-29-26-21-10-1-3-12-23(21)30-24-13-4-2-11-22(24)26/h1-4,7-15,18H,5-6,16-17H2,(H,28,31)(H,29,30)/b15-14+. The van der Waals surface area contributed by atoms with E-state index in [9.17, 15) is 9.18 Å². The van der Waals surface area contributed by atoms with E-state index >= 15 is 0 Å². The second kappa shape index (κ2) is 9.85. The van der Waals surface area contributed by atoms with Gasteiger partial charge < -0.3 is 10.6 Å². The highest BCUT2D eigenvalue weighted by atomic mass is 19.1. The predicted molar refractivity (Wildman–Crippen MR) is 125 cm³/mol. The number of anilines is 1. The smallest absolute Gasteiger partial charge is 0.243 e. The third kappa shape index (κ3) is 5.25. The molecule has 0 aliphatic rings. The molecule has 2 N–H and O–H groups in total. The maximum absolute atomic E-state index is 13.2. The maximum Gasteiger partial charge on any atom is 0.243 e. The van der Waals surface area contributed by atoms with Crippen molar-refractivity contribution in [2.24, 2.45) is 0 Å². The fraction of sp³-hybridized carbons (Fsp3) is 0.154. The zero-order valence-corrected chi connectivity index (χ0v) is 17.1. The van der Waals surface area contributed by atoms with E-state index in [1.165, 1.54) is 18.2 Å². The average Bonchev–Trinajstić information content (AvgIpc) is 2.79. The molecule has 4 nitrogen and oxygen atoms in total. The molecule has 0 fully saturated rings. The van der Waals surface area contributed by atoms with Crippen molar-refractivity contribution in [3.63, 3.8) is 0 Å². The molecule has 0 spiro atoms. The largest absolute Gasteiger partial charge is 0.384 e. The van der Waals surface area contributed by atoms with E-state index in [0.717, 1.165) is 46.9 Å². The number of aromatic nitrogens is 1. The number of para-hydroxylation sites is 2. The Morgan fingerprint density at radius 3 is 2.26 bits per heavy atom. The first-order valence-corrected chi connectivity index (χ1v) is 10.4. The number of nitrogens with zero attached hydrogens (tertiary/aromatic N) is 1. The quantitative estimate of drug-likeness (QED) is 0.226. The van der Waals surface area contributed by atoms with E-state index in [-0.39, 0.29) is 11.7 Å². The number of unbranched alkanes of at least 4 members (excludes halogenated alkanes) is 1. The molecule has 3 aromatic carbocycles. The Morgan fingerprint density at radius 2 is 1.55 bits per heavy atom. The highest BCUT2D eigenvalue weighted by Gasteiger charge is 2.07. The molecule has 0 saturated heterocycles. The number of hydrogen-bond donors (Lipinski definition) is 2. The molecule has 5 heteroatoms. The van der Waals surface area contributed by atoms with Gasteiger partial charge in [-0.05, 0) is 48.7 Å². The van der Waals surface area contributed by atoms with Gasteiger partial charge in [0.1, 0.15) is 5.82 Å². The molecule has 1 amide bonds. The summed E-state index contributed by atoms with van der Waals surface area (Å²) in [6.45, 7) is 1.39. The van der Waals surface area contributed by atoms with Crippen LogP contribution in [0, 0.1) is 5.82 Å². The minimum atomic E-state index is -0.315. The first-order valence-electron chi connectivity index (χ1n) is 10.4. The lowest BCUT2D eigenvalue weighted by Crippen LogP contribution is -2.22. The van der Waals surface area contributed by atoms with Crippen LogP contribution in [0.15, 0.2) is 78.9 Å². The number of pyridine rings is 1. The number of carbonyl (C=O) groups excluding carboxylic acids is 1. The minimum Gasteiger partial charge on any atom is -0.384 e. The summed E-state index contributed by atoms with van der Waals surface area (Å²) in [6.07, 6.45) is 4.81. The van der Waals surface area contributed by atoms with E-state index in [0.29, 0.717) is 12.1 Å². The zero-order chi connectivity index (χ0) is 21.5. The molecule has 0 atom stereocenters. The van der Waals surface area contributed by atoms with Gasteiger partial charge >= 0.3 is 0 Å². The molecule has 156 valence electrons. The molecule has 31 heavy (non-hydrogen) atoms. The van der Waals surface area contributed by atoms with E-state index in [1.54, 1.807) is 18.2 Å². The van der Waals surface area contributed by atoms with Gasteiger partial charge in [-0.25, -0.2) is 9.37 Å². The molecule has 1 heterocycles. The molecular weight excluding hydrogens is 389 g/mol. The van der Waals surface area contributed by atoms with Gasteiger partial charge in [0.15, 0.2) is 0 Å². The number of benzene rings is 3. The summed E-state index contributed by atoms with van der Waals surface area (Å²) in [5.74, 6) is -0.492. The molecule has 1 aromatic heterocycles. The lowest BCUT2D eigenvalue weighted by atomic mass is 10.1. The third-order valence-electron chi connectivity index (χ3n) is 5.07. The van der Waals surface area contributed by atoms with Gasteiger partial charge in [0.05, 0.1) is 16.7 Å². The van der Waals surface area contributed by atoms with Crippen molar-refractivity contribution < 1.29 is 9.18 Å². The Kier molecular flexibility index (Phi) is 6.53. The molecule has 0 aliphatic carbocycles. The number of fused-ring (bicyclic) bond motifs is 2. The number of halogens is 1. The zero-order valence-electron chi connectivity index (χ0n) is 17.1. The van der Waals surface area contributed by atoms with Gasteiger partial charge in [-0.2, -0.15) is 0 Å². The van der Waals surface area contributed by atoms with Crippen molar-refractivity contribution in [2.45, 2.75) is 12.8 Å². The van der Waals surface area contributed by atoms with Crippen molar-refractivity contribution in [2.75, 3.05) is 18.4 Å². The topological polar surface area (TPSA) is 54.0 Å². The van der Waals surface area contributed by atoms with Crippen LogP contribution < -0.4 is 10.6 Å². The van der Waals surface area contributed by atoms with Gasteiger partial charge in [-0.1, -0.05) is 48.5 Å². The molecule has 0 aliphatic heterocycles. The Balaban J connectivity index is 1.28. The van der Waals surface area contributed by atoms with E-state index in [1.807, 2.05) is 36.4 Å². The Labute approximate surface area is 180 Å². The lowest BCUT2D eigenvalue weighted by molar-refractivity contribution is -0.116. The Morgan fingerprint density at radius 1 is 0.871 bits per heavy atom. The number of rotatable bonds is 8. The van der Waals surface area contributed by atoms with Crippen LogP contribution in [0.2, 0.25) is 0 Å². The molecule has 0 radical (unpaired) electrons. The van der Waals surface area contributed by atoms with Crippen molar-refractivity contribution in [3.8, 4) is 0 Å². The van der Waals surface area contributed by atoms with Crippen LogP contribution in [-0.2, 0) is 4.79 Å². The number of hydrogen-bond acceptors (Lipinski definition) is 3. The maximum atomic E-state index is 13.2. The van der Waals surface area contributed by atoms with Gasteiger partial charge in [0.2, 0.25) is 5.91 Å². The van der Waals surface area contributed by atoms with Crippen LogP contribution in [0.5, 0.6) is 0 Å². The van der Waals surface area contributed by atoms with Crippen LogP contribution in [-0.4, -0.2) is 24.0 Å². The monoisotopic (exact) mass is 413 g/mol. The SMILES string of the molecule is O=C(/C=C/c1cccc(F)c1)NCCCCNc1c2ccccc2nc2ccccc12. The number of amides is 1. The van der Waals surface area contributed by atoms with Gasteiger partial charge in [0.25, 0.3) is 0 Å². The molecule has 0 unspecified atom stereocenters. The highest BCUT2D eigenvalue weighted by Crippen LogP contribution is 2.30. The summed E-state index contributed by atoms with van der Waals surface area (Å²) < 4.78 is 13.2. The van der Waals surface area contributed by atoms with Gasteiger partial charge in [-0.15, -0.1) is 0 Å². The van der Waals surface area contributed by atoms with E-state index in [2.05, 4.69) is 22.8 Å². The molecule has 4 rings (SSSR count).